The average Bonchev–Trinajstić information content (AvgIpc) is 2.15. The molecule has 4 heteroatoms. The summed E-state index contributed by atoms with van der Waals surface area (Å²) >= 11 is 0. The third kappa shape index (κ3) is 3.32. The van der Waals surface area contributed by atoms with Crippen molar-refractivity contribution in [3.8, 4) is 6.07 Å². The first-order valence-corrected chi connectivity index (χ1v) is 4.63. The molecule has 0 aliphatic carbocycles. The number of ether oxygens (including phenoxy) is 1. The predicted molar refractivity (Wildman–Crippen MR) is 47.0 cm³/mol. The summed E-state index contributed by atoms with van der Waals surface area (Å²) in [5, 5.41) is 8.30. The molecule has 72 valence electrons. The lowest BCUT2D eigenvalue weighted by Gasteiger charge is -2.25. The van der Waals surface area contributed by atoms with Crippen LogP contribution in [0.15, 0.2) is 0 Å². The van der Waals surface area contributed by atoms with Gasteiger partial charge >= 0.3 is 6.09 Å². The Labute approximate surface area is 78.1 Å². The van der Waals surface area contributed by atoms with Crippen LogP contribution in [-0.2, 0) is 4.74 Å². The molecule has 0 radical (unpaired) electrons. The number of hydrogen-bond donors (Lipinski definition) is 0. The van der Waals surface area contributed by atoms with E-state index in [1.54, 1.807) is 4.90 Å². The first kappa shape index (κ1) is 9.85. The van der Waals surface area contributed by atoms with Crippen molar-refractivity contribution >= 4 is 6.09 Å². The molecule has 1 aliphatic rings. The number of amides is 1. The molecule has 1 rings (SSSR count). The van der Waals surface area contributed by atoms with E-state index in [0.717, 1.165) is 32.4 Å². The largest absolute Gasteiger partial charge is 0.449 e. The van der Waals surface area contributed by atoms with Gasteiger partial charge in [-0.1, -0.05) is 0 Å². The summed E-state index contributed by atoms with van der Waals surface area (Å²) in [5.74, 6) is 0. The summed E-state index contributed by atoms with van der Waals surface area (Å²) in [5.41, 5.74) is 0. The Morgan fingerprint density at radius 2 is 2.38 bits per heavy atom. The quantitative estimate of drug-likeness (QED) is 0.619. The fraction of sp³-hybridized carbons (Fsp3) is 0.778. The minimum absolute atomic E-state index is 0.205. The lowest BCUT2D eigenvalue weighted by molar-refractivity contribution is 0.0724. The summed E-state index contributed by atoms with van der Waals surface area (Å²) < 4.78 is 4.87. The van der Waals surface area contributed by atoms with Gasteiger partial charge in [0.25, 0.3) is 0 Å². The highest BCUT2D eigenvalue weighted by molar-refractivity contribution is 5.68. The van der Waals surface area contributed by atoms with Gasteiger partial charge < -0.3 is 9.64 Å². The first-order chi connectivity index (χ1) is 6.34. The number of unbranched alkanes of at least 4 members (excludes halogenated alkanes) is 2. The van der Waals surface area contributed by atoms with Crippen LogP contribution in [0.4, 0.5) is 4.79 Å². The first-order valence-electron chi connectivity index (χ1n) is 4.63. The molecule has 13 heavy (non-hydrogen) atoms. The van der Waals surface area contributed by atoms with Crippen LogP contribution in [0.2, 0.25) is 0 Å². The molecule has 0 saturated carbocycles. The van der Waals surface area contributed by atoms with Crippen molar-refractivity contribution in [2.45, 2.75) is 25.7 Å². The smallest absolute Gasteiger partial charge is 0.409 e. The molecule has 1 aliphatic heterocycles. The summed E-state index contributed by atoms with van der Waals surface area (Å²) in [7, 11) is 0. The van der Waals surface area contributed by atoms with E-state index in [1.165, 1.54) is 0 Å². The molecule has 0 aromatic rings. The molecule has 0 aromatic heterocycles. The number of rotatable bonds is 4. The summed E-state index contributed by atoms with van der Waals surface area (Å²) in [6.45, 7) is 2.07. The Kier molecular flexibility index (Phi) is 4.10. The van der Waals surface area contributed by atoms with Crippen LogP contribution >= 0.6 is 0 Å². The Morgan fingerprint density at radius 1 is 1.54 bits per heavy atom. The number of hydrogen-bond acceptors (Lipinski definition) is 3. The van der Waals surface area contributed by atoms with Crippen molar-refractivity contribution in [1.82, 2.24) is 4.90 Å². The number of nitrogens with zero attached hydrogens (tertiary/aromatic N) is 2. The van der Waals surface area contributed by atoms with E-state index in [9.17, 15) is 4.79 Å². The lowest BCUT2D eigenvalue weighted by atomic mass is 10.2. The average molecular weight is 182 g/mol. The molecule has 0 atom stereocenters. The molecule has 4 nitrogen and oxygen atoms in total. The second kappa shape index (κ2) is 5.41. The van der Waals surface area contributed by atoms with Gasteiger partial charge in [0, 0.05) is 19.5 Å². The second-order valence-electron chi connectivity index (χ2n) is 3.07. The zero-order valence-electron chi connectivity index (χ0n) is 7.66. The van der Waals surface area contributed by atoms with Gasteiger partial charge in [0.1, 0.15) is 0 Å². The van der Waals surface area contributed by atoms with Gasteiger partial charge in [-0.05, 0) is 19.3 Å². The van der Waals surface area contributed by atoms with Crippen molar-refractivity contribution in [1.29, 1.82) is 5.26 Å². The van der Waals surface area contributed by atoms with Crippen LogP contribution in [0.5, 0.6) is 0 Å². The van der Waals surface area contributed by atoms with Gasteiger partial charge in [-0.2, -0.15) is 5.26 Å². The molecule has 1 saturated heterocycles. The van der Waals surface area contributed by atoms with Crippen molar-refractivity contribution < 1.29 is 9.53 Å². The van der Waals surface area contributed by atoms with Crippen LogP contribution in [0, 0.1) is 11.3 Å². The maximum Gasteiger partial charge on any atom is 0.409 e. The minimum atomic E-state index is -0.205. The molecule has 0 N–H and O–H groups in total. The van der Waals surface area contributed by atoms with Crippen molar-refractivity contribution in [2.75, 3.05) is 19.7 Å². The Bertz CT molecular complexity index is 210. The van der Waals surface area contributed by atoms with E-state index in [1.807, 2.05) is 0 Å². The zero-order valence-corrected chi connectivity index (χ0v) is 7.66. The molecular formula is C9H14N2O2. The van der Waals surface area contributed by atoms with Crippen LogP contribution in [0.3, 0.4) is 0 Å². The molecule has 1 amide bonds. The molecule has 0 spiro atoms. The minimum Gasteiger partial charge on any atom is -0.449 e. The standard InChI is InChI=1S/C9H14N2O2/c10-5-2-1-3-6-11-7-4-8-13-9(11)12/h1-4,6-8H2. The summed E-state index contributed by atoms with van der Waals surface area (Å²) in [6.07, 6.45) is 3.04. The van der Waals surface area contributed by atoms with Crippen LogP contribution in [0.25, 0.3) is 0 Å². The third-order valence-electron chi connectivity index (χ3n) is 2.02. The number of nitriles is 1. The highest BCUT2D eigenvalue weighted by Crippen LogP contribution is 2.06. The second-order valence-corrected chi connectivity index (χ2v) is 3.07. The van der Waals surface area contributed by atoms with Gasteiger partial charge in [-0.25, -0.2) is 4.79 Å². The van der Waals surface area contributed by atoms with Gasteiger partial charge in [-0.3, -0.25) is 0 Å². The fourth-order valence-electron chi connectivity index (χ4n) is 1.31. The van der Waals surface area contributed by atoms with E-state index >= 15 is 0 Å². The van der Waals surface area contributed by atoms with Gasteiger partial charge in [0.2, 0.25) is 0 Å². The number of carbonyl (C=O) groups excluding carboxylic acids is 1. The van der Waals surface area contributed by atoms with Crippen LogP contribution in [0.1, 0.15) is 25.7 Å². The fourth-order valence-corrected chi connectivity index (χ4v) is 1.31. The van der Waals surface area contributed by atoms with Crippen molar-refractivity contribution in [2.24, 2.45) is 0 Å². The predicted octanol–water partition coefficient (Wildman–Crippen LogP) is 1.52. The zero-order chi connectivity index (χ0) is 9.52. The topological polar surface area (TPSA) is 53.3 Å². The van der Waals surface area contributed by atoms with E-state index in [0.29, 0.717) is 13.0 Å². The number of cyclic esters (lactones) is 1. The monoisotopic (exact) mass is 182 g/mol. The van der Waals surface area contributed by atoms with E-state index in [-0.39, 0.29) is 6.09 Å². The molecule has 1 heterocycles. The maximum atomic E-state index is 11.1. The van der Waals surface area contributed by atoms with Gasteiger partial charge in [-0.15, -0.1) is 0 Å². The van der Waals surface area contributed by atoms with Crippen LogP contribution < -0.4 is 0 Å². The maximum absolute atomic E-state index is 11.1. The Balaban J connectivity index is 2.12. The highest BCUT2D eigenvalue weighted by Gasteiger charge is 2.18. The summed E-state index contributed by atoms with van der Waals surface area (Å²) in [6, 6.07) is 2.08. The Morgan fingerprint density at radius 3 is 3.08 bits per heavy atom. The highest BCUT2D eigenvalue weighted by atomic mass is 16.6. The molecule has 0 aromatic carbocycles. The SMILES string of the molecule is N#CCCCCN1CCCOC1=O. The normalized spacial score (nSPS) is 16.5. The number of carbonyl (C=O) groups is 1. The molecule has 1 fully saturated rings. The van der Waals surface area contributed by atoms with E-state index in [4.69, 9.17) is 10.00 Å². The molecular weight excluding hydrogens is 168 g/mol. The van der Waals surface area contributed by atoms with Crippen molar-refractivity contribution in [3.63, 3.8) is 0 Å². The molecule has 0 bridgehead atoms. The Hall–Kier alpha value is -1.24. The van der Waals surface area contributed by atoms with E-state index in [2.05, 4.69) is 6.07 Å². The molecule has 0 unspecified atom stereocenters. The van der Waals surface area contributed by atoms with Gasteiger partial charge in [0.15, 0.2) is 0 Å². The van der Waals surface area contributed by atoms with Crippen molar-refractivity contribution in [3.05, 3.63) is 0 Å². The summed E-state index contributed by atoms with van der Waals surface area (Å²) in [4.78, 5) is 12.8. The third-order valence-corrected chi connectivity index (χ3v) is 2.02. The van der Waals surface area contributed by atoms with Crippen LogP contribution in [-0.4, -0.2) is 30.7 Å². The van der Waals surface area contributed by atoms with Gasteiger partial charge in [0.05, 0.1) is 12.7 Å². The lowest BCUT2D eigenvalue weighted by Crippen LogP contribution is -2.38. The van der Waals surface area contributed by atoms with E-state index < -0.39 is 0 Å².